The van der Waals surface area contributed by atoms with Gasteiger partial charge in [0.1, 0.15) is 25.0 Å². The maximum atomic E-state index is 12.8. The molecule has 1 aromatic heterocycles. The predicted molar refractivity (Wildman–Crippen MR) is 138 cm³/mol. The van der Waals surface area contributed by atoms with E-state index in [9.17, 15) is 19.2 Å². The number of ether oxygens (including phenoxy) is 3. The molecule has 0 bridgehead atoms. The minimum atomic E-state index is -0.879. The SMILES string of the molecule is O=C(OCC1OC(n2cc(-c3ccccc3)c(=O)[nH]c2=O)CC1OC(=O)c1ccccc1)c1ccccc1. The number of nitrogens with zero attached hydrogens (tertiary/aromatic N) is 1. The second-order valence-corrected chi connectivity index (χ2v) is 8.71. The van der Waals surface area contributed by atoms with E-state index in [1.165, 1.54) is 10.8 Å². The summed E-state index contributed by atoms with van der Waals surface area (Å²) in [5.41, 5.74) is 0.421. The van der Waals surface area contributed by atoms with Crippen molar-refractivity contribution in [3.63, 3.8) is 0 Å². The first-order valence-corrected chi connectivity index (χ1v) is 12.0. The molecule has 0 radical (unpaired) electrons. The van der Waals surface area contributed by atoms with Crippen molar-refractivity contribution in [3.8, 4) is 11.1 Å². The Morgan fingerprint density at radius 2 is 1.42 bits per heavy atom. The van der Waals surface area contributed by atoms with Crippen molar-refractivity contribution in [2.45, 2.75) is 24.9 Å². The van der Waals surface area contributed by atoms with Crippen LogP contribution in [0.3, 0.4) is 0 Å². The summed E-state index contributed by atoms with van der Waals surface area (Å²) < 4.78 is 18.5. The quantitative estimate of drug-likeness (QED) is 0.376. The molecule has 4 aromatic rings. The van der Waals surface area contributed by atoms with Gasteiger partial charge in [0.15, 0.2) is 0 Å². The topological polar surface area (TPSA) is 117 Å². The van der Waals surface area contributed by atoms with Crippen LogP contribution in [0.1, 0.15) is 33.4 Å². The number of hydrogen-bond acceptors (Lipinski definition) is 7. The van der Waals surface area contributed by atoms with Crippen LogP contribution in [0.5, 0.6) is 0 Å². The number of aromatic amines is 1. The Labute approximate surface area is 217 Å². The summed E-state index contributed by atoms with van der Waals surface area (Å²) in [4.78, 5) is 52.9. The van der Waals surface area contributed by atoms with E-state index in [1.54, 1.807) is 84.9 Å². The lowest BCUT2D eigenvalue weighted by atomic mass is 10.1. The molecule has 38 heavy (non-hydrogen) atoms. The Bertz CT molecular complexity index is 1530. The van der Waals surface area contributed by atoms with Gasteiger partial charge in [-0.15, -0.1) is 0 Å². The Morgan fingerprint density at radius 3 is 2.05 bits per heavy atom. The average Bonchev–Trinajstić information content (AvgIpc) is 3.35. The summed E-state index contributed by atoms with van der Waals surface area (Å²) in [5, 5.41) is 0. The number of hydrogen-bond donors (Lipinski definition) is 1. The highest BCUT2D eigenvalue weighted by Crippen LogP contribution is 2.31. The van der Waals surface area contributed by atoms with Crippen LogP contribution in [0, 0.1) is 0 Å². The van der Waals surface area contributed by atoms with E-state index in [2.05, 4.69) is 4.98 Å². The lowest BCUT2D eigenvalue weighted by Crippen LogP contribution is -2.33. The average molecular weight is 513 g/mol. The summed E-state index contributed by atoms with van der Waals surface area (Å²) in [5.74, 6) is -1.13. The smallest absolute Gasteiger partial charge is 0.338 e. The lowest BCUT2D eigenvalue weighted by molar-refractivity contribution is -0.0582. The highest BCUT2D eigenvalue weighted by molar-refractivity contribution is 5.90. The van der Waals surface area contributed by atoms with Gasteiger partial charge in [-0.25, -0.2) is 14.4 Å². The number of nitrogens with one attached hydrogen (secondary N) is 1. The molecule has 1 fully saturated rings. The molecule has 3 unspecified atom stereocenters. The first kappa shape index (κ1) is 24.9. The molecule has 0 saturated carbocycles. The maximum absolute atomic E-state index is 12.8. The number of esters is 2. The van der Waals surface area contributed by atoms with Crippen molar-refractivity contribution in [3.05, 3.63) is 129 Å². The fourth-order valence-electron chi connectivity index (χ4n) is 4.26. The van der Waals surface area contributed by atoms with E-state index in [1.807, 2.05) is 6.07 Å². The van der Waals surface area contributed by atoms with Gasteiger partial charge in [-0.1, -0.05) is 66.7 Å². The van der Waals surface area contributed by atoms with Crippen molar-refractivity contribution in [2.75, 3.05) is 6.61 Å². The number of aromatic nitrogens is 2. The third-order valence-electron chi connectivity index (χ3n) is 6.20. The molecule has 0 aliphatic carbocycles. The minimum Gasteiger partial charge on any atom is -0.459 e. The van der Waals surface area contributed by atoms with Crippen molar-refractivity contribution < 1.29 is 23.8 Å². The molecule has 3 aromatic carbocycles. The molecule has 0 spiro atoms. The van der Waals surface area contributed by atoms with E-state index in [0.717, 1.165) is 0 Å². The van der Waals surface area contributed by atoms with Crippen molar-refractivity contribution >= 4 is 11.9 Å². The zero-order valence-corrected chi connectivity index (χ0v) is 20.2. The summed E-state index contributed by atoms with van der Waals surface area (Å²) in [6, 6.07) is 25.8. The van der Waals surface area contributed by atoms with Crippen LogP contribution in [-0.2, 0) is 14.2 Å². The normalized spacial score (nSPS) is 18.6. The standard InChI is InChI=1S/C29H24N2O7/c32-26-22(19-10-4-1-5-11-19)17-31(29(35)30-26)25-16-23(38-28(34)21-14-8-3-9-15-21)24(37-25)18-36-27(33)20-12-6-2-7-13-20/h1-15,17,23-25H,16,18H2,(H,30,32,35). The monoisotopic (exact) mass is 512 g/mol. The molecular weight excluding hydrogens is 488 g/mol. The van der Waals surface area contributed by atoms with E-state index < -0.39 is 41.6 Å². The maximum Gasteiger partial charge on any atom is 0.338 e. The van der Waals surface area contributed by atoms with Crippen molar-refractivity contribution in [1.82, 2.24) is 9.55 Å². The second kappa shape index (κ2) is 11.1. The van der Waals surface area contributed by atoms with E-state index in [0.29, 0.717) is 16.7 Å². The van der Waals surface area contributed by atoms with Crippen molar-refractivity contribution in [1.29, 1.82) is 0 Å². The predicted octanol–water partition coefficient (Wildman–Crippen LogP) is 3.57. The first-order chi connectivity index (χ1) is 18.5. The Hall–Kier alpha value is -4.76. The molecule has 0 amide bonds. The number of rotatable bonds is 7. The summed E-state index contributed by atoms with van der Waals surface area (Å²) in [6.07, 6.45) is -1.02. The molecule has 1 aliphatic rings. The molecule has 9 nitrogen and oxygen atoms in total. The molecule has 3 atom stereocenters. The third kappa shape index (κ3) is 5.47. The molecule has 1 aliphatic heterocycles. The van der Waals surface area contributed by atoms with Crippen LogP contribution in [0.15, 0.2) is 107 Å². The molecule has 5 rings (SSSR count). The van der Waals surface area contributed by atoms with E-state index >= 15 is 0 Å². The number of carbonyl (C=O) groups is 2. The largest absolute Gasteiger partial charge is 0.459 e. The second-order valence-electron chi connectivity index (χ2n) is 8.71. The molecule has 192 valence electrons. The van der Waals surface area contributed by atoms with E-state index in [4.69, 9.17) is 14.2 Å². The lowest BCUT2D eigenvalue weighted by Gasteiger charge is -2.19. The fraction of sp³-hybridized carbons (Fsp3) is 0.172. The number of H-pyrrole nitrogens is 1. The molecule has 9 heteroatoms. The zero-order chi connectivity index (χ0) is 26.5. The molecule has 1 N–H and O–H groups in total. The van der Waals surface area contributed by atoms with Gasteiger partial charge >= 0.3 is 17.6 Å². The van der Waals surface area contributed by atoms with Gasteiger partial charge in [-0.05, 0) is 29.8 Å². The Balaban J connectivity index is 1.40. The Kier molecular flexibility index (Phi) is 7.28. The van der Waals surface area contributed by atoms with Crippen LogP contribution in [0.25, 0.3) is 11.1 Å². The minimum absolute atomic E-state index is 0.103. The summed E-state index contributed by atoms with van der Waals surface area (Å²) >= 11 is 0. The highest BCUT2D eigenvalue weighted by Gasteiger charge is 2.40. The fourth-order valence-corrected chi connectivity index (χ4v) is 4.26. The third-order valence-corrected chi connectivity index (χ3v) is 6.20. The zero-order valence-electron chi connectivity index (χ0n) is 20.2. The first-order valence-electron chi connectivity index (χ1n) is 12.0. The summed E-state index contributed by atoms with van der Waals surface area (Å²) in [7, 11) is 0. The molecule has 2 heterocycles. The van der Waals surface area contributed by atoms with Crippen LogP contribution in [0.2, 0.25) is 0 Å². The number of benzene rings is 3. The molecular formula is C29H24N2O7. The summed E-state index contributed by atoms with van der Waals surface area (Å²) in [6.45, 7) is -0.208. The van der Waals surface area contributed by atoms with Gasteiger partial charge in [-0.2, -0.15) is 0 Å². The van der Waals surface area contributed by atoms with Crippen LogP contribution in [0.4, 0.5) is 0 Å². The Morgan fingerprint density at radius 1 is 0.842 bits per heavy atom. The van der Waals surface area contributed by atoms with Gasteiger partial charge in [0.05, 0.1) is 16.7 Å². The van der Waals surface area contributed by atoms with Crippen LogP contribution >= 0.6 is 0 Å². The van der Waals surface area contributed by atoms with Gasteiger partial charge < -0.3 is 14.2 Å². The van der Waals surface area contributed by atoms with E-state index in [-0.39, 0.29) is 18.6 Å². The van der Waals surface area contributed by atoms with Crippen molar-refractivity contribution in [2.24, 2.45) is 0 Å². The van der Waals surface area contributed by atoms with Gasteiger partial charge in [0, 0.05) is 12.6 Å². The van der Waals surface area contributed by atoms with Gasteiger partial charge in [0.2, 0.25) is 0 Å². The van der Waals surface area contributed by atoms with Crippen LogP contribution in [-0.4, -0.2) is 40.3 Å². The van der Waals surface area contributed by atoms with Crippen LogP contribution < -0.4 is 11.2 Å². The van der Waals surface area contributed by atoms with Gasteiger partial charge in [-0.3, -0.25) is 14.3 Å². The molecule has 1 saturated heterocycles. The number of carbonyl (C=O) groups excluding carboxylic acids is 2. The highest BCUT2D eigenvalue weighted by atomic mass is 16.6. The van der Waals surface area contributed by atoms with Gasteiger partial charge in [0.25, 0.3) is 5.56 Å².